The van der Waals surface area contributed by atoms with Gasteiger partial charge in [-0.15, -0.1) is 12.4 Å². The molecule has 1 aliphatic heterocycles. The molecule has 1 aromatic carbocycles. The van der Waals surface area contributed by atoms with E-state index in [2.05, 4.69) is 17.6 Å². The van der Waals surface area contributed by atoms with Gasteiger partial charge in [-0.2, -0.15) is 0 Å². The fraction of sp³-hybridized carbons (Fsp3) is 0.556. The molecule has 24 heavy (non-hydrogen) atoms. The van der Waals surface area contributed by atoms with E-state index >= 15 is 0 Å². The maximum absolute atomic E-state index is 12.6. The van der Waals surface area contributed by atoms with Gasteiger partial charge in [-0.1, -0.05) is 6.92 Å². The molecule has 1 aliphatic rings. The van der Waals surface area contributed by atoms with Crippen LogP contribution in [-0.4, -0.2) is 43.4 Å². The highest BCUT2D eigenvalue weighted by Gasteiger charge is 2.21. The summed E-state index contributed by atoms with van der Waals surface area (Å²) >= 11 is 0. The summed E-state index contributed by atoms with van der Waals surface area (Å²) in [6, 6.07) is 5.50. The second-order valence-electron chi connectivity index (χ2n) is 6.41. The summed E-state index contributed by atoms with van der Waals surface area (Å²) in [5.74, 6) is 0.774. The second kappa shape index (κ2) is 9.64. The lowest BCUT2D eigenvalue weighted by molar-refractivity contribution is -0.116. The van der Waals surface area contributed by atoms with Crippen LogP contribution in [0.1, 0.15) is 42.1 Å². The van der Waals surface area contributed by atoms with Gasteiger partial charge in [0.15, 0.2) is 0 Å². The average molecular weight is 354 g/mol. The maximum Gasteiger partial charge on any atom is 0.253 e. The number of likely N-dealkylation sites (tertiary alicyclic amines) is 1. The Morgan fingerprint density at radius 3 is 2.50 bits per heavy atom. The Labute approximate surface area is 150 Å². The van der Waals surface area contributed by atoms with Crippen LogP contribution in [0.3, 0.4) is 0 Å². The largest absolute Gasteiger partial charge is 0.339 e. The number of benzene rings is 1. The van der Waals surface area contributed by atoms with Crippen LogP contribution in [-0.2, 0) is 4.79 Å². The van der Waals surface area contributed by atoms with Crippen molar-refractivity contribution in [3.63, 3.8) is 0 Å². The number of rotatable bonds is 5. The van der Waals surface area contributed by atoms with Gasteiger partial charge in [0.2, 0.25) is 5.91 Å². The Hall–Kier alpha value is -1.59. The van der Waals surface area contributed by atoms with E-state index in [1.54, 1.807) is 6.07 Å². The van der Waals surface area contributed by atoms with Crippen LogP contribution in [0.5, 0.6) is 0 Å². The molecule has 0 spiro atoms. The number of nitrogens with one attached hydrogen (secondary N) is 2. The lowest BCUT2D eigenvalue weighted by Gasteiger charge is -2.30. The number of anilines is 1. The highest BCUT2D eigenvalue weighted by molar-refractivity contribution is 5.96. The predicted molar refractivity (Wildman–Crippen MR) is 99.9 cm³/mol. The molecule has 1 saturated heterocycles. The molecular formula is C18H28ClN3O2. The van der Waals surface area contributed by atoms with Gasteiger partial charge in [0, 0.05) is 37.3 Å². The number of halogens is 1. The number of carbonyl (C=O) groups is 2. The van der Waals surface area contributed by atoms with E-state index in [1.165, 1.54) is 0 Å². The number of nitrogens with zero attached hydrogens (tertiary/aromatic N) is 1. The molecule has 0 radical (unpaired) electrons. The first kappa shape index (κ1) is 20.5. The smallest absolute Gasteiger partial charge is 0.253 e. The Morgan fingerprint density at radius 2 is 1.92 bits per heavy atom. The van der Waals surface area contributed by atoms with Crippen LogP contribution in [0, 0.1) is 12.8 Å². The van der Waals surface area contributed by atoms with Crippen molar-refractivity contribution in [2.45, 2.75) is 33.1 Å². The number of aryl methyl sites for hydroxylation is 1. The zero-order valence-electron chi connectivity index (χ0n) is 14.7. The average Bonchev–Trinajstić information content (AvgIpc) is 2.55. The van der Waals surface area contributed by atoms with E-state index in [1.807, 2.05) is 31.0 Å². The van der Waals surface area contributed by atoms with Gasteiger partial charge in [-0.3, -0.25) is 9.59 Å². The molecule has 1 heterocycles. The summed E-state index contributed by atoms with van der Waals surface area (Å²) in [6.45, 7) is 6.47. The summed E-state index contributed by atoms with van der Waals surface area (Å²) in [5, 5.41) is 5.84. The van der Waals surface area contributed by atoms with Crippen molar-refractivity contribution in [2.24, 2.45) is 5.92 Å². The van der Waals surface area contributed by atoms with Gasteiger partial charge in [0.25, 0.3) is 5.91 Å². The summed E-state index contributed by atoms with van der Waals surface area (Å²) in [7, 11) is 1.82. The minimum Gasteiger partial charge on any atom is -0.339 e. The van der Waals surface area contributed by atoms with Gasteiger partial charge < -0.3 is 15.5 Å². The van der Waals surface area contributed by atoms with Gasteiger partial charge >= 0.3 is 0 Å². The van der Waals surface area contributed by atoms with Crippen molar-refractivity contribution in [1.29, 1.82) is 0 Å². The standard InChI is InChI=1S/C18H27N3O2.ClH/c1-13-7-10-21(11-8-13)18(23)15-4-5-16(14(2)12-15)20-17(22)6-9-19-3;/h4-5,12-13,19H,6-11H2,1-3H3,(H,20,22);1H. The lowest BCUT2D eigenvalue weighted by Crippen LogP contribution is -2.37. The number of amides is 2. The number of hydrogen-bond acceptors (Lipinski definition) is 3. The van der Waals surface area contributed by atoms with Crippen molar-refractivity contribution >= 4 is 29.9 Å². The van der Waals surface area contributed by atoms with Crippen LogP contribution in [0.2, 0.25) is 0 Å². The van der Waals surface area contributed by atoms with Gasteiger partial charge in [0.05, 0.1) is 0 Å². The van der Waals surface area contributed by atoms with Gasteiger partial charge in [-0.25, -0.2) is 0 Å². The highest BCUT2D eigenvalue weighted by atomic mass is 35.5. The molecular weight excluding hydrogens is 326 g/mol. The predicted octanol–water partition coefficient (Wildman–Crippen LogP) is 2.84. The van der Waals surface area contributed by atoms with Gasteiger partial charge in [-0.05, 0) is 56.5 Å². The zero-order chi connectivity index (χ0) is 16.8. The zero-order valence-corrected chi connectivity index (χ0v) is 15.5. The fourth-order valence-corrected chi connectivity index (χ4v) is 2.78. The first-order chi connectivity index (χ1) is 11.0. The van der Waals surface area contributed by atoms with Crippen LogP contribution in [0.15, 0.2) is 18.2 Å². The topological polar surface area (TPSA) is 61.4 Å². The Kier molecular flexibility index (Phi) is 8.22. The third-order valence-electron chi connectivity index (χ3n) is 4.42. The molecule has 2 N–H and O–H groups in total. The summed E-state index contributed by atoms with van der Waals surface area (Å²) in [5.41, 5.74) is 2.39. The van der Waals surface area contributed by atoms with E-state index < -0.39 is 0 Å². The minimum atomic E-state index is -0.0217. The van der Waals surface area contributed by atoms with E-state index in [-0.39, 0.29) is 24.2 Å². The number of carbonyl (C=O) groups excluding carboxylic acids is 2. The molecule has 1 fully saturated rings. The molecule has 134 valence electrons. The quantitative estimate of drug-likeness (QED) is 0.855. The van der Waals surface area contributed by atoms with Gasteiger partial charge in [0.1, 0.15) is 0 Å². The SMILES string of the molecule is CNCCC(=O)Nc1ccc(C(=O)N2CCC(C)CC2)cc1C.Cl. The molecule has 1 aromatic rings. The van der Waals surface area contributed by atoms with Crippen LogP contribution in [0.25, 0.3) is 0 Å². The molecule has 0 aromatic heterocycles. The Balaban J connectivity index is 0.00000288. The van der Waals surface area contributed by atoms with E-state index in [0.717, 1.165) is 37.2 Å². The molecule has 6 heteroatoms. The van der Waals surface area contributed by atoms with E-state index in [9.17, 15) is 9.59 Å². The van der Waals surface area contributed by atoms with Crippen molar-refractivity contribution < 1.29 is 9.59 Å². The molecule has 0 atom stereocenters. The monoisotopic (exact) mass is 353 g/mol. The summed E-state index contributed by atoms with van der Waals surface area (Å²) < 4.78 is 0. The van der Waals surface area contributed by atoms with Crippen molar-refractivity contribution in [2.75, 3.05) is 32.0 Å². The molecule has 0 bridgehead atoms. The van der Waals surface area contributed by atoms with Crippen LogP contribution < -0.4 is 10.6 Å². The number of hydrogen-bond donors (Lipinski definition) is 2. The molecule has 2 amide bonds. The van der Waals surface area contributed by atoms with Crippen molar-refractivity contribution in [1.82, 2.24) is 10.2 Å². The highest BCUT2D eigenvalue weighted by Crippen LogP contribution is 2.21. The Bertz CT molecular complexity index is 569. The molecule has 5 nitrogen and oxygen atoms in total. The van der Waals surface area contributed by atoms with E-state index in [0.29, 0.717) is 24.4 Å². The molecule has 0 aliphatic carbocycles. The first-order valence-corrected chi connectivity index (χ1v) is 8.35. The van der Waals surface area contributed by atoms with Crippen molar-refractivity contribution in [3.05, 3.63) is 29.3 Å². The third kappa shape index (κ3) is 5.49. The summed E-state index contributed by atoms with van der Waals surface area (Å²) in [4.78, 5) is 26.3. The molecule has 0 saturated carbocycles. The Morgan fingerprint density at radius 1 is 1.25 bits per heavy atom. The fourth-order valence-electron chi connectivity index (χ4n) is 2.78. The second-order valence-corrected chi connectivity index (χ2v) is 6.41. The summed E-state index contributed by atoms with van der Waals surface area (Å²) in [6.07, 6.45) is 2.58. The van der Waals surface area contributed by atoms with E-state index in [4.69, 9.17) is 0 Å². The third-order valence-corrected chi connectivity index (χ3v) is 4.42. The van der Waals surface area contributed by atoms with Crippen LogP contribution >= 0.6 is 12.4 Å². The minimum absolute atomic E-state index is 0. The maximum atomic E-state index is 12.6. The van der Waals surface area contributed by atoms with Crippen molar-refractivity contribution in [3.8, 4) is 0 Å². The van der Waals surface area contributed by atoms with Crippen LogP contribution in [0.4, 0.5) is 5.69 Å². The number of piperidine rings is 1. The molecule has 2 rings (SSSR count). The first-order valence-electron chi connectivity index (χ1n) is 8.35. The molecule has 0 unspecified atom stereocenters. The normalized spacial score (nSPS) is 14.9. The lowest BCUT2D eigenvalue weighted by atomic mass is 9.98.